The second-order valence-electron chi connectivity index (χ2n) is 8.59. The van der Waals surface area contributed by atoms with Crippen LogP contribution in [0.5, 0.6) is 0 Å². The largest absolute Gasteiger partial charge is 0.416 e. The number of halogens is 3. The number of Topliss-reactive ketones (excluding diaryl/α,β-unsaturated/α-hetero) is 1. The Bertz CT molecular complexity index is 1320. The van der Waals surface area contributed by atoms with Gasteiger partial charge in [-0.15, -0.1) is 11.3 Å². The number of fused-ring (bicyclic) bond motifs is 1. The maximum absolute atomic E-state index is 13.0. The van der Waals surface area contributed by atoms with E-state index < -0.39 is 11.7 Å². The molecule has 0 aliphatic heterocycles. The number of alkyl halides is 3. The van der Waals surface area contributed by atoms with E-state index in [1.165, 1.54) is 29.9 Å². The molecule has 1 saturated carbocycles. The number of aromatic nitrogens is 4. The summed E-state index contributed by atoms with van der Waals surface area (Å²) in [6.07, 6.45) is 4.55. The van der Waals surface area contributed by atoms with Gasteiger partial charge < -0.3 is 9.88 Å². The molecule has 0 amide bonds. The van der Waals surface area contributed by atoms with Crippen LogP contribution in [0.25, 0.3) is 11.0 Å². The van der Waals surface area contributed by atoms with Crippen molar-refractivity contribution < 1.29 is 18.0 Å². The predicted molar refractivity (Wildman–Crippen MR) is 125 cm³/mol. The number of imidazole rings is 1. The minimum atomic E-state index is -4.37. The van der Waals surface area contributed by atoms with Crippen LogP contribution < -0.4 is 5.32 Å². The molecule has 1 aromatic carbocycles. The molecule has 1 unspecified atom stereocenters. The minimum Gasteiger partial charge on any atom is -0.332 e. The molecule has 5 rings (SSSR count). The number of thiazole rings is 1. The second kappa shape index (κ2) is 8.83. The molecule has 1 N–H and O–H groups in total. The van der Waals surface area contributed by atoms with Gasteiger partial charge in [-0.3, -0.25) is 9.78 Å². The van der Waals surface area contributed by atoms with Gasteiger partial charge in [-0.05, 0) is 55.5 Å². The summed E-state index contributed by atoms with van der Waals surface area (Å²) in [7, 11) is 0. The Labute approximate surface area is 197 Å². The molecule has 1 fully saturated rings. The van der Waals surface area contributed by atoms with Crippen LogP contribution in [0.15, 0.2) is 49.1 Å². The number of nitrogens with zero attached hydrogens (tertiary/aromatic N) is 4. The topological polar surface area (TPSA) is 72.7 Å². The molecule has 34 heavy (non-hydrogen) atoms. The fourth-order valence-electron chi connectivity index (χ4n) is 3.96. The molecule has 0 radical (unpaired) electrons. The fraction of sp³-hybridized carbons (Fsp3) is 0.333. The zero-order valence-corrected chi connectivity index (χ0v) is 19.2. The Morgan fingerprint density at radius 3 is 2.62 bits per heavy atom. The molecule has 1 aliphatic rings. The third kappa shape index (κ3) is 4.54. The van der Waals surface area contributed by atoms with Crippen LogP contribution >= 0.6 is 11.3 Å². The molecule has 176 valence electrons. The van der Waals surface area contributed by atoms with Gasteiger partial charge in [0.25, 0.3) is 0 Å². The van der Waals surface area contributed by atoms with Gasteiger partial charge in [0.05, 0.1) is 23.6 Å². The number of nitrogens with one attached hydrogen (secondary N) is 1. The molecule has 4 aromatic rings. The molecule has 1 atom stereocenters. The third-order valence-corrected chi connectivity index (χ3v) is 7.32. The highest BCUT2D eigenvalue weighted by Gasteiger charge is 2.30. The first-order chi connectivity index (χ1) is 16.3. The molecular weight excluding hydrogens is 463 g/mol. The average Bonchev–Trinajstić information content (AvgIpc) is 3.39. The van der Waals surface area contributed by atoms with Gasteiger partial charge in [0.1, 0.15) is 11.2 Å². The summed E-state index contributed by atoms with van der Waals surface area (Å²) in [5.74, 6) is -0.136. The normalized spacial score (nSPS) is 15.3. The molecule has 3 aromatic heterocycles. The lowest BCUT2D eigenvalue weighted by Gasteiger charge is -2.27. The first-order valence-electron chi connectivity index (χ1n) is 11.0. The number of hydrogen-bond donors (Lipinski definition) is 1. The van der Waals surface area contributed by atoms with Crippen LogP contribution in [0.1, 0.15) is 65.5 Å². The van der Waals surface area contributed by atoms with Crippen molar-refractivity contribution in [2.24, 2.45) is 0 Å². The fourth-order valence-corrected chi connectivity index (χ4v) is 4.85. The van der Waals surface area contributed by atoms with Gasteiger partial charge in [-0.1, -0.05) is 6.92 Å². The lowest BCUT2D eigenvalue weighted by molar-refractivity contribution is -0.137. The van der Waals surface area contributed by atoms with Crippen LogP contribution in [0.3, 0.4) is 0 Å². The zero-order valence-electron chi connectivity index (χ0n) is 18.3. The van der Waals surface area contributed by atoms with Crippen LogP contribution in [0.2, 0.25) is 0 Å². The van der Waals surface area contributed by atoms with E-state index in [0.717, 1.165) is 40.9 Å². The maximum atomic E-state index is 13.0. The van der Waals surface area contributed by atoms with Crippen molar-refractivity contribution in [2.45, 2.75) is 50.7 Å². The Hall–Kier alpha value is -3.27. The van der Waals surface area contributed by atoms with E-state index in [4.69, 9.17) is 0 Å². The molecule has 0 saturated heterocycles. The van der Waals surface area contributed by atoms with Crippen LogP contribution in [0, 0.1) is 0 Å². The Morgan fingerprint density at radius 2 is 1.94 bits per heavy atom. The SMILES string of the molecule is CC(CC(=O)c1cc2c(cn1)ncn2C1CCC1)c1cnc(Nc2ccc(C(F)(F)F)cc2)s1. The van der Waals surface area contributed by atoms with Crippen LogP contribution in [0.4, 0.5) is 24.0 Å². The van der Waals surface area contributed by atoms with Crippen molar-refractivity contribution in [2.75, 3.05) is 5.32 Å². The molecule has 6 nitrogen and oxygen atoms in total. The summed E-state index contributed by atoms with van der Waals surface area (Å²) in [6, 6.07) is 7.07. The summed E-state index contributed by atoms with van der Waals surface area (Å²) in [6.45, 7) is 1.95. The second-order valence-corrected chi connectivity index (χ2v) is 9.65. The first-order valence-corrected chi connectivity index (χ1v) is 11.9. The lowest BCUT2D eigenvalue weighted by Crippen LogP contribution is -2.16. The number of pyridine rings is 1. The summed E-state index contributed by atoms with van der Waals surface area (Å²) in [4.78, 5) is 26.9. The monoisotopic (exact) mass is 485 g/mol. The van der Waals surface area contributed by atoms with Crippen molar-refractivity contribution in [1.29, 1.82) is 0 Å². The van der Waals surface area contributed by atoms with Gasteiger partial charge in [0.2, 0.25) is 0 Å². The van der Waals surface area contributed by atoms with Gasteiger partial charge in [-0.25, -0.2) is 9.97 Å². The van der Waals surface area contributed by atoms with Crippen molar-refractivity contribution in [1.82, 2.24) is 19.5 Å². The molecule has 3 heterocycles. The van der Waals surface area contributed by atoms with E-state index in [-0.39, 0.29) is 18.1 Å². The highest BCUT2D eigenvalue weighted by atomic mass is 32.1. The Kier molecular flexibility index (Phi) is 5.85. The number of carbonyl (C=O) groups is 1. The van der Waals surface area contributed by atoms with Crippen molar-refractivity contribution in [3.63, 3.8) is 0 Å². The third-order valence-electron chi connectivity index (χ3n) is 6.18. The van der Waals surface area contributed by atoms with Gasteiger partial charge in [-0.2, -0.15) is 13.2 Å². The van der Waals surface area contributed by atoms with E-state index in [2.05, 4.69) is 24.8 Å². The van der Waals surface area contributed by atoms with Crippen molar-refractivity contribution >= 4 is 39.0 Å². The highest BCUT2D eigenvalue weighted by Crippen LogP contribution is 2.35. The Balaban J connectivity index is 1.25. The van der Waals surface area contributed by atoms with E-state index >= 15 is 0 Å². The summed E-state index contributed by atoms with van der Waals surface area (Å²) >= 11 is 1.37. The number of carbonyl (C=O) groups excluding carboxylic acids is 1. The minimum absolute atomic E-state index is 0.0543. The average molecular weight is 486 g/mol. The van der Waals surface area contributed by atoms with Gasteiger partial charge >= 0.3 is 6.18 Å². The number of anilines is 2. The van der Waals surface area contributed by atoms with Crippen LogP contribution in [-0.4, -0.2) is 25.3 Å². The molecule has 1 aliphatic carbocycles. The van der Waals surface area contributed by atoms with E-state index in [9.17, 15) is 18.0 Å². The standard InChI is InChI=1S/C24H22F3N5OS/c1-14(22-12-29-23(34-22)31-16-7-5-15(6-8-16)24(25,26)27)9-21(33)18-10-20-19(11-28-18)30-13-32(20)17-3-2-4-17/h5-8,10-14,17H,2-4,9H2,1H3,(H,29,31). The maximum Gasteiger partial charge on any atom is 0.416 e. The predicted octanol–water partition coefficient (Wildman–Crippen LogP) is 6.75. The van der Waals surface area contributed by atoms with Crippen molar-refractivity contribution in [3.05, 3.63) is 65.2 Å². The summed E-state index contributed by atoms with van der Waals surface area (Å²) < 4.78 is 40.3. The van der Waals surface area contributed by atoms with E-state index in [1.807, 2.05) is 19.3 Å². The number of rotatable bonds is 7. The summed E-state index contributed by atoms with van der Waals surface area (Å²) in [5, 5.41) is 3.57. The molecule has 0 bridgehead atoms. The number of ketones is 1. The first kappa shape index (κ1) is 22.5. The number of benzene rings is 1. The van der Waals surface area contributed by atoms with Gasteiger partial charge in [0.15, 0.2) is 10.9 Å². The zero-order chi connectivity index (χ0) is 23.9. The highest BCUT2D eigenvalue weighted by molar-refractivity contribution is 7.15. The smallest absolute Gasteiger partial charge is 0.332 e. The molecule has 10 heteroatoms. The van der Waals surface area contributed by atoms with Gasteiger partial charge in [0, 0.05) is 29.2 Å². The quantitative estimate of drug-likeness (QED) is 0.293. The van der Waals surface area contributed by atoms with E-state index in [1.54, 1.807) is 12.4 Å². The lowest BCUT2D eigenvalue weighted by atomic mass is 9.93. The summed E-state index contributed by atoms with van der Waals surface area (Å²) in [5.41, 5.74) is 1.97. The molecular formula is C24H22F3N5OS. The van der Waals surface area contributed by atoms with E-state index in [0.29, 0.717) is 22.6 Å². The number of hydrogen-bond acceptors (Lipinski definition) is 6. The van der Waals surface area contributed by atoms with Crippen molar-refractivity contribution in [3.8, 4) is 0 Å². The van der Waals surface area contributed by atoms with Crippen LogP contribution in [-0.2, 0) is 6.18 Å². The molecule has 0 spiro atoms. The Morgan fingerprint density at radius 1 is 1.18 bits per heavy atom.